The number of amides is 2. The van der Waals surface area contributed by atoms with Gasteiger partial charge >= 0.3 is 0 Å². The molecule has 0 fully saturated rings. The Morgan fingerprint density at radius 1 is 1.11 bits per heavy atom. The predicted octanol–water partition coefficient (Wildman–Crippen LogP) is 0.572. The summed E-state index contributed by atoms with van der Waals surface area (Å²) in [5, 5.41) is 8.40. The number of rotatable bonds is 8. The molecule has 5 heteroatoms. The summed E-state index contributed by atoms with van der Waals surface area (Å²) < 4.78 is 0. The summed E-state index contributed by atoms with van der Waals surface area (Å²) in [5.41, 5.74) is 0.881. The van der Waals surface area contributed by atoms with Crippen LogP contribution in [0.25, 0.3) is 0 Å². The van der Waals surface area contributed by atoms with Crippen molar-refractivity contribution in [2.45, 2.75) is 45.7 Å². The third-order valence-electron chi connectivity index (χ3n) is 2.68. The molecule has 0 heterocycles. The average Bonchev–Trinajstić information content (AvgIpc) is 2.34. The number of hydrogen-bond acceptors (Lipinski definition) is 3. The molecule has 2 amide bonds. The van der Waals surface area contributed by atoms with E-state index in [9.17, 15) is 9.59 Å². The van der Waals surface area contributed by atoms with Gasteiger partial charge in [0.15, 0.2) is 0 Å². The molecule has 2 unspecified atom stereocenters. The topological polar surface area (TPSA) is 70.2 Å². The molecule has 0 spiro atoms. The SMILES string of the molecule is C=C(C)CNC(=O)C(CC)NC(=O)C(CC)NC. The second-order valence-electron chi connectivity index (χ2n) is 4.39. The van der Waals surface area contributed by atoms with E-state index in [1.54, 1.807) is 7.05 Å². The van der Waals surface area contributed by atoms with Crippen LogP contribution in [-0.4, -0.2) is 37.5 Å². The Balaban J connectivity index is 4.36. The van der Waals surface area contributed by atoms with Crippen LogP contribution in [0.5, 0.6) is 0 Å². The molecule has 0 aromatic rings. The highest BCUT2D eigenvalue weighted by Crippen LogP contribution is 1.96. The molecule has 0 aromatic heterocycles. The molecule has 0 aromatic carbocycles. The predicted molar refractivity (Wildman–Crippen MR) is 73.2 cm³/mol. The normalized spacial score (nSPS) is 13.6. The lowest BCUT2D eigenvalue weighted by Gasteiger charge is -2.20. The van der Waals surface area contributed by atoms with Crippen molar-refractivity contribution in [1.82, 2.24) is 16.0 Å². The maximum Gasteiger partial charge on any atom is 0.242 e. The summed E-state index contributed by atoms with van der Waals surface area (Å²) in [7, 11) is 1.73. The molecule has 2 atom stereocenters. The number of likely N-dealkylation sites (N-methyl/N-ethyl adjacent to an activating group) is 1. The Bertz CT molecular complexity index is 299. The van der Waals surface area contributed by atoms with E-state index in [2.05, 4.69) is 22.5 Å². The third kappa shape index (κ3) is 5.82. The Morgan fingerprint density at radius 2 is 1.67 bits per heavy atom. The second-order valence-corrected chi connectivity index (χ2v) is 4.39. The van der Waals surface area contributed by atoms with E-state index in [0.29, 0.717) is 19.4 Å². The zero-order valence-electron chi connectivity index (χ0n) is 11.8. The van der Waals surface area contributed by atoms with Crippen LogP contribution in [-0.2, 0) is 9.59 Å². The quantitative estimate of drug-likeness (QED) is 0.555. The molecule has 0 aliphatic rings. The highest BCUT2D eigenvalue weighted by atomic mass is 16.2. The highest BCUT2D eigenvalue weighted by molar-refractivity contribution is 5.89. The van der Waals surface area contributed by atoms with E-state index in [1.807, 2.05) is 20.8 Å². The smallest absolute Gasteiger partial charge is 0.242 e. The first-order chi connectivity index (χ1) is 8.46. The molecule has 0 aliphatic heterocycles. The largest absolute Gasteiger partial charge is 0.351 e. The molecule has 104 valence electrons. The summed E-state index contributed by atoms with van der Waals surface area (Å²) in [4.78, 5) is 23.7. The standard InChI is InChI=1S/C13H25N3O2/c1-6-10(14-5)13(18)16-11(7-2)12(17)15-8-9(3)4/h10-11,14H,3,6-8H2,1-2,4-5H3,(H,15,17)(H,16,18). The fraction of sp³-hybridized carbons (Fsp3) is 0.692. The van der Waals surface area contributed by atoms with Gasteiger partial charge in [0.25, 0.3) is 0 Å². The zero-order chi connectivity index (χ0) is 14.1. The molecule has 0 saturated carbocycles. The first-order valence-corrected chi connectivity index (χ1v) is 6.35. The van der Waals surface area contributed by atoms with Crippen LogP contribution < -0.4 is 16.0 Å². The van der Waals surface area contributed by atoms with Crippen molar-refractivity contribution >= 4 is 11.8 Å². The molecule has 0 radical (unpaired) electrons. The summed E-state index contributed by atoms with van der Waals surface area (Å²) in [6.45, 7) is 9.78. The zero-order valence-corrected chi connectivity index (χ0v) is 11.8. The average molecular weight is 255 g/mol. The summed E-state index contributed by atoms with van der Waals surface area (Å²) in [6.07, 6.45) is 1.25. The Morgan fingerprint density at radius 3 is 2.06 bits per heavy atom. The minimum Gasteiger partial charge on any atom is -0.351 e. The number of carbonyl (C=O) groups excluding carboxylic acids is 2. The van der Waals surface area contributed by atoms with E-state index in [0.717, 1.165) is 5.57 Å². The van der Waals surface area contributed by atoms with E-state index < -0.39 is 6.04 Å². The fourth-order valence-corrected chi connectivity index (χ4v) is 1.51. The molecular weight excluding hydrogens is 230 g/mol. The van der Waals surface area contributed by atoms with Crippen LogP contribution in [0.3, 0.4) is 0 Å². The van der Waals surface area contributed by atoms with Gasteiger partial charge in [0, 0.05) is 6.54 Å². The van der Waals surface area contributed by atoms with Gasteiger partial charge in [-0.1, -0.05) is 26.0 Å². The van der Waals surface area contributed by atoms with Gasteiger partial charge in [0.05, 0.1) is 6.04 Å². The molecule has 3 N–H and O–H groups in total. The van der Waals surface area contributed by atoms with Crippen LogP contribution in [0, 0.1) is 0 Å². The Hall–Kier alpha value is -1.36. The van der Waals surface area contributed by atoms with Crippen molar-refractivity contribution in [3.05, 3.63) is 12.2 Å². The van der Waals surface area contributed by atoms with Gasteiger partial charge in [0.1, 0.15) is 6.04 Å². The van der Waals surface area contributed by atoms with E-state index in [1.165, 1.54) is 0 Å². The van der Waals surface area contributed by atoms with Gasteiger partial charge in [-0.15, -0.1) is 0 Å². The monoisotopic (exact) mass is 255 g/mol. The Kier molecular flexibility index (Phi) is 8.03. The van der Waals surface area contributed by atoms with Crippen molar-refractivity contribution in [2.75, 3.05) is 13.6 Å². The van der Waals surface area contributed by atoms with Crippen LogP contribution in [0.4, 0.5) is 0 Å². The minimum absolute atomic E-state index is 0.141. The molecular formula is C13H25N3O2. The van der Waals surface area contributed by atoms with Gasteiger partial charge < -0.3 is 16.0 Å². The number of nitrogens with one attached hydrogen (secondary N) is 3. The maximum absolute atomic E-state index is 11.8. The summed E-state index contributed by atoms with van der Waals surface area (Å²) in [6, 6.07) is -0.743. The maximum atomic E-state index is 11.8. The Labute approximate surface area is 109 Å². The molecule has 0 bridgehead atoms. The van der Waals surface area contributed by atoms with E-state index in [-0.39, 0.29) is 17.9 Å². The van der Waals surface area contributed by atoms with Gasteiger partial charge in [-0.2, -0.15) is 0 Å². The van der Waals surface area contributed by atoms with Crippen molar-refractivity contribution in [2.24, 2.45) is 0 Å². The molecule has 0 saturated heterocycles. The molecule has 5 nitrogen and oxygen atoms in total. The molecule has 0 aliphatic carbocycles. The van der Waals surface area contributed by atoms with Gasteiger partial charge in [-0.05, 0) is 26.8 Å². The number of carbonyl (C=O) groups is 2. The van der Waals surface area contributed by atoms with E-state index in [4.69, 9.17) is 0 Å². The summed E-state index contributed by atoms with van der Waals surface area (Å²) in [5.74, 6) is -0.308. The molecule has 0 rings (SSSR count). The fourth-order valence-electron chi connectivity index (χ4n) is 1.51. The first-order valence-electron chi connectivity index (χ1n) is 6.35. The lowest BCUT2D eigenvalue weighted by molar-refractivity contribution is -0.130. The first kappa shape index (κ1) is 16.6. The van der Waals surface area contributed by atoms with Crippen molar-refractivity contribution in [3.63, 3.8) is 0 Å². The van der Waals surface area contributed by atoms with Gasteiger partial charge in [-0.25, -0.2) is 0 Å². The van der Waals surface area contributed by atoms with Crippen LogP contribution in [0.2, 0.25) is 0 Å². The van der Waals surface area contributed by atoms with Crippen LogP contribution in [0.1, 0.15) is 33.6 Å². The van der Waals surface area contributed by atoms with Gasteiger partial charge in [-0.3, -0.25) is 9.59 Å². The lowest BCUT2D eigenvalue weighted by atomic mass is 10.1. The minimum atomic E-state index is -0.487. The van der Waals surface area contributed by atoms with Crippen molar-refractivity contribution < 1.29 is 9.59 Å². The van der Waals surface area contributed by atoms with E-state index >= 15 is 0 Å². The molecule has 18 heavy (non-hydrogen) atoms. The third-order valence-corrected chi connectivity index (χ3v) is 2.68. The number of hydrogen-bond donors (Lipinski definition) is 3. The van der Waals surface area contributed by atoms with Crippen LogP contribution in [0.15, 0.2) is 12.2 Å². The highest BCUT2D eigenvalue weighted by Gasteiger charge is 2.22. The second kappa shape index (κ2) is 8.69. The van der Waals surface area contributed by atoms with Crippen molar-refractivity contribution in [3.8, 4) is 0 Å². The summed E-state index contributed by atoms with van der Waals surface area (Å²) >= 11 is 0. The van der Waals surface area contributed by atoms with Crippen molar-refractivity contribution in [1.29, 1.82) is 0 Å². The van der Waals surface area contributed by atoms with Crippen LogP contribution >= 0.6 is 0 Å². The van der Waals surface area contributed by atoms with Gasteiger partial charge in [0.2, 0.25) is 11.8 Å². The lowest BCUT2D eigenvalue weighted by Crippen LogP contribution is -2.52.